The van der Waals surface area contributed by atoms with E-state index in [0.29, 0.717) is 11.7 Å². The number of furan rings is 1. The zero-order chi connectivity index (χ0) is 19.1. The van der Waals surface area contributed by atoms with Gasteiger partial charge in [-0.05, 0) is 55.0 Å². The number of hydrogen-bond donors (Lipinski definition) is 2. The third kappa shape index (κ3) is 6.21. The minimum absolute atomic E-state index is 0.657. The first-order valence-electron chi connectivity index (χ1n) is 9.37. The molecule has 146 valence electrons. The number of nitrogens with zero attached hydrogens (tertiary/aromatic N) is 1. The maximum Gasteiger partial charge on any atom is 0.173 e. The second-order valence-electron chi connectivity index (χ2n) is 6.86. The molecule has 0 atom stereocenters. The van der Waals surface area contributed by atoms with Crippen molar-refractivity contribution < 1.29 is 14.1 Å². The Morgan fingerprint density at radius 2 is 2.11 bits per heavy atom. The largest absolute Gasteiger partial charge is 0.467 e. The lowest BCUT2D eigenvalue weighted by Gasteiger charge is -2.27. The normalized spacial score (nSPS) is 14.9. The van der Waals surface area contributed by atoms with Gasteiger partial charge in [-0.1, -0.05) is 11.6 Å². The van der Waals surface area contributed by atoms with E-state index in [4.69, 9.17) is 33.0 Å². The fourth-order valence-corrected chi connectivity index (χ4v) is 3.59. The standard InChI is InChI=1S/C20H26ClN3O2S/c1-16-14-17(5-6-19(16)21)22-20(27)24(15-18-4-2-11-26-18)8-3-7-23-9-12-25-13-10-23/h2,4-6,11,14H,3,7-10,12-13,15H2,1H3,(H,22,27)/p+1. The van der Waals surface area contributed by atoms with Crippen LogP contribution in [0.1, 0.15) is 17.7 Å². The number of anilines is 1. The fraction of sp³-hybridized carbons (Fsp3) is 0.450. The number of ether oxygens (including phenoxy) is 1. The molecule has 1 aliphatic heterocycles. The highest BCUT2D eigenvalue weighted by atomic mass is 35.5. The first kappa shape index (κ1) is 20.1. The van der Waals surface area contributed by atoms with Gasteiger partial charge in [0.15, 0.2) is 5.11 Å². The summed E-state index contributed by atoms with van der Waals surface area (Å²) in [5.74, 6) is 0.908. The molecule has 1 aromatic carbocycles. The molecule has 0 spiro atoms. The quantitative estimate of drug-likeness (QED) is 0.689. The average Bonchev–Trinajstić information content (AvgIpc) is 3.18. The summed E-state index contributed by atoms with van der Waals surface area (Å²) < 4.78 is 11.0. The van der Waals surface area contributed by atoms with Crippen LogP contribution in [0.15, 0.2) is 41.0 Å². The summed E-state index contributed by atoms with van der Waals surface area (Å²) in [5, 5.41) is 4.80. The van der Waals surface area contributed by atoms with Gasteiger partial charge >= 0.3 is 0 Å². The maximum atomic E-state index is 6.12. The SMILES string of the molecule is Cc1cc(NC(=S)N(CCC[NH+]2CCOCC2)Cc2ccco2)ccc1Cl. The lowest BCUT2D eigenvalue weighted by Crippen LogP contribution is -3.14. The Bertz CT molecular complexity index is 733. The van der Waals surface area contributed by atoms with Crippen LogP contribution in [0, 0.1) is 6.92 Å². The summed E-state index contributed by atoms with van der Waals surface area (Å²) in [6, 6.07) is 9.74. The van der Waals surface area contributed by atoms with Gasteiger partial charge in [-0.25, -0.2) is 0 Å². The van der Waals surface area contributed by atoms with E-state index in [1.54, 1.807) is 11.2 Å². The number of morpholine rings is 1. The molecule has 3 rings (SSSR count). The Hall–Kier alpha value is -1.60. The molecule has 0 radical (unpaired) electrons. The Balaban J connectivity index is 1.59. The van der Waals surface area contributed by atoms with Crippen molar-refractivity contribution in [1.82, 2.24) is 4.90 Å². The van der Waals surface area contributed by atoms with Gasteiger partial charge in [0, 0.05) is 23.7 Å². The molecule has 1 aliphatic rings. The van der Waals surface area contributed by atoms with Crippen molar-refractivity contribution in [3.05, 3.63) is 52.9 Å². The van der Waals surface area contributed by atoms with Crippen LogP contribution >= 0.6 is 23.8 Å². The van der Waals surface area contributed by atoms with Crippen LogP contribution in [0.5, 0.6) is 0 Å². The molecule has 0 amide bonds. The summed E-state index contributed by atoms with van der Waals surface area (Å²) >= 11 is 11.8. The van der Waals surface area contributed by atoms with E-state index in [9.17, 15) is 0 Å². The van der Waals surface area contributed by atoms with E-state index in [0.717, 1.165) is 67.8 Å². The minimum atomic E-state index is 0.657. The van der Waals surface area contributed by atoms with Crippen LogP contribution in [0.3, 0.4) is 0 Å². The van der Waals surface area contributed by atoms with Gasteiger partial charge in [0.05, 0.1) is 32.6 Å². The van der Waals surface area contributed by atoms with E-state index >= 15 is 0 Å². The van der Waals surface area contributed by atoms with E-state index in [-0.39, 0.29) is 0 Å². The van der Waals surface area contributed by atoms with Crippen molar-refractivity contribution in [2.24, 2.45) is 0 Å². The van der Waals surface area contributed by atoms with Gasteiger partial charge in [-0.3, -0.25) is 0 Å². The molecule has 0 saturated carbocycles. The Labute approximate surface area is 171 Å². The van der Waals surface area contributed by atoms with Crippen LogP contribution in [-0.2, 0) is 11.3 Å². The number of quaternary nitrogens is 1. The molecule has 0 unspecified atom stereocenters. The Morgan fingerprint density at radius 3 is 2.81 bits per heavy atom. The molecule has 27 heavy (non-hydrogen) atoms. The number of benzene rings is 1. The zero-order valence-electron chi connectivity index (χ0n) is 15.7. The van der Waals surface area contributed by atoms with Gasteiger partial charge in [-0.2, -0.15) is 0 Å². The molecule has 5 nitrogen and oxygen atoms in total. The van der Waals surface area contributed by atoms with Crippen LogP contribution in [0.2, 0.25) is 5.02 Å². The van der Waals surface area contributed by atoms with Crippen molar-refractivity contribution >= 4 is 34.6 Å². The molecule has 2 aromatic rings. The van der Waals surface area contributed by atoms with Crippen molar-refractivity contribution in [1.29, 1.82) is 0 Å². The van der Waals surface area contributed by atoms with Crippen molar-refractivity contribution in [3.8, 4) is 0 Å². The van der Waals surface area contributed by atoms with Gasteiger partial charge in [-0.15, -0.1) is 0 Å². The molecular weight excluding hydrogens is 382 g/mol. The van der Waals surface area contributed by atoms with Gasteiger partial charge in [0.25, 0.3) is 0 Å². The molecule has 2 heterocycles. The summed E-state index contributed by atoms with van der Waals surface area (Å²) in [4.78, 5) is 3.77. The number of hydrogen-bond acceptors (Lipinski definition) is 3. The second kappa shape index (κ2) is 10.1. The highest BCUT2D eigenvalue weighted by Gasteiger charge is 2.16. The number of rotatable bonds is 7. The predicted molar refractivity (Wildman–Crippen MR) is 113 cm³/mol. The molecule has 2 N–H and O–H groups in total. The zero-order valence-corrected chi connectivity index (χ0v) is 17.2. The summed E-state index contributed by atoms with van der Waals surface area (Å²) in [6.45, 7) is 8.55. The van der Waals surface area contributed by atoms with Crippen LogP contribution in [0.25, 0.3) is 0 Å². The summed E-state index contributed by atoms with van der Waals surface area (Å²) in [5.41, 5.74) is 1.98. The van der Waals surface area contributed by atoms with Crippen LogP contribution in [0.4, 0.5) is 5.69 Å². The average molecular weight is 409 g/mol. The third-order valence-corrected chi connectivity index (χ3v) is 5.57. The fourth-order valence-electron chi connectivity index (χ4n) is 3.20. The van der Waals surface area contributed by atoms with Gasteiger partial charge < -0.3 is 24.3 Å². The van der Waals surface area contributed by atoms with Crippen molar-refractivity contribution in [3.63, 3.8) is 0 Å². The van der Waals surface area contributed by atoms with Gasteiger partial charge in [0.1, 0.15) is 18.8 Å². The maximum absolute atomic E-state index is 6.12. The van der Waals surface area contributed by atoms with E-state index in [1.807, 2.05) is 37.3 Å². The van der Waals surface area contributed by atoms with E-state index in [1.165, 1.54) is 0 Å². The van der Waals surface area contributed by atoms with Crippen LogP contribution < -0.4 is 10.2 Å². The minimum Gasteiger partial charge on any atom is -0.467 e. The van der Waals surface area contributed by atoms with Gasteiger partial charge in [0.2, 0.25) is 0 Å². The number of halogens is 1. The molecule has 1 aromatic heterocycles. The topological polar surface area (TPSA) is 42.1 Å². The third-order valence-electron chi connectivity index (χ3n) is 4.78. The molecule has 1 saturated heterocycles. The molecular formula is C20H27ClN3O2S+. The first-order valence-corrected chi connectivity index (χ1v) is 10.2. The van der Waals surface area contributed by atoms with E-state index < -0.39 is 0 Å². The lowest BCUT2D eigenvalue weighted by atomic mass is 10.2. The molecule has 1 fully saturated rings. The summed E-state index contributed by atoms with van der Waals surface area (Å²) in [7, 11) is 0. The highest BCUT2D eigenvalue weighted by Crippen LogP contribution is 2.20. The highest BCUT2D eigenvalue weighted by molar-refractivity contribution is 7.80. The Morgan fingerprint density at radius 1 is 1.30 bits per heavy atom. The van der Waals surface area contributed by atoms with Crippen molar-refractivity contribution in [2.45, 2.75) is 19.9 Å². The smallest absolute Gasteiger partial charge is 0.173 e. The van der Waals surface area contributed by atoms with Crippen LogP contribution in [-0.4, -0.2) is 49.4 Å². The number of nitrogens with one attached hydrogen (secondary N) is 2. The van der Waals surface area contributed by atoms with E-state index in [2.05, 4.69) is 10.2 Å². The molecule has 0 bridgehead atoms. The monoisotopic (exact) mass is 408 g/mol. The molecule has 7 heteroatoms. The van der Waals surface area contributed by atoms with Crippen molar-refractivity contribution in [2.75, 3.05) is 44.7 Å². The number of aryl methyl sites for hydroxylation is 1. The Kier molecular flexibility index (Phi) is 7.52. The second-order valence-corrected chi connectivity index (χ2v) is 7.65. The predicted octanol–water partition coefficient (Wildman–Crippen LogP) is 2.75. The lowest BCUT2D eigenvalue weighted by molar-refractivity contribution is -0.908. The number of thiocarbonyl (C=S) groups is 1. The molecule has 0 aliphatic carbocycles. The summed E-state index contributed by atoms with van der Waals surface area (Å²) in [6.07, 6.45) is 2.77. The first-order chi connectivity index (χ1) is 13.1.